The predicted octanol–water partition coefficient (Wildman–Crippen LogP) is 2.90. The number of piperidine rings is 1. The summed E-state index contributed by atoms with van der Waals surface area (Å²) in [5.41, 5.74) is -2.70. The van der Waals surface area contributed by atoms with Gasteiger partial charge in [0.1, 0.15) is 11.6 Å². The first-order valence-electron chi connectivity index (χ1n) is 7.66. The number of rotatable bonds is 5. The molecule has 24 heavy (non-hydrogen) atoms. The van der Waals surface area contributed by atoms with Crippen LogP contribution in [-0.2, 0) is 4.79 Å². The third kappa shape index (κ3) is 4.59. The molecule has 134 valence electrons. The molecule has 1 aliphatic heterocycles. The molecule has 1 aromatic carbocycles. The van der Waals surface area contributed by atoms with E-state index < -0.39 is 30.4 Å². The molecule has 0 atom stereocenters. The number of aliphatic hydroxyl groups is 1. The molecule has 1 aromatic rings. The van der Waals surface area contributed by atoms with E-state index >= 15 is 0 Å². The Morgan fingerprint density at radius 1 is 1.29 bits per heavy atom. The average molecular weight is 349 g/mol. The van der Waals surface area contributed by atoms with E-state index in [-0.39, 0.29) is 32.0 Å². The van der Waals surface area contributed by atoms with E-state index in [0.717, 1.165) is 0 Å². The summed E-state index contributed by atoms with van der Waals surface area (Å²) >= 11 is 0. The number of nitrogens with zero attached hydrogens (tertiary/aromatic N) is 1. The topological polar surface area (TPSA) is 49.8 Å². The van der Waals surface area contributed by atoms with Gasteiger partial charge in [0.05, 0.1) is 6.61 Å². The highest BCUT2D eigenvalue weighted by molar-refractivity contribution is 5.76. The molecule has 1 N–H and O–H groups in total. The zero-order valence-corrected chi connectivity index (χ0v) is 13.0. The summed E-state index contributed by atoms with van der Waals surface area (Å²) < 4.78 is 56.3. The first-order chi connectivity index (χ1) is 11.2. The van der Waals surface area contributed by atoms with Crippen molar-refractivity contribution in [2.45, 2.75) is 37.5 Å². The molecule has 1 saturated heterocycles. The molecule has 0 saturated carbocycles. The van der Waals surface area contributed by atoms with E-state index in [1.54, 1.807) is 6.07 Å². The first-order valence-corrected chi connectivity index (χ1v) is 7.66. The summed E-state index contributed by atoms with van der Waals surface area (Å²) in [6.45, 7) is -0.0469. The number of amides is 1. The van der Waals surface area contributed by atoms with Crippen molar-refractivity contribution in [2.24, 2.45) is 0 Å². The lowest BCUT2D eigenvalue weighted by Crippen LogP contribution is -2.54. The fraction of sp³-hybridized carbons (Fsp3) is 0.562. The Kier molecular flexibility index (Phi) is 5.69. The highest BCUT2D eigenvalue weighted by Gasteiger charge is 2.54. The van der Waals surface area contributed by atoms with Crippen molar-refractivity contribution in [1.29, 1.82) is 0 Å². The van der Waals surface area contributed by atoms with Gasteiger partial charge in [-0.25, -0.2) is 4.39 Å². The van der Waals surface area contributed by atoms with Gasteiger partial charge in [-0.3, -0.25) is 4.79 Å². The van der Waals surface area contributed by atoms with Gasteiger partial charge in [0.2, 0.25) is 5.91 Å². The predicted molar refractivity (Wildman–Crippen MR) is 77.9 cm³/mol. The monoisotopic (exact) mass is 349 g/mol. The molecule has 1 fully saturated rings. The van der Waals surface area contributed by atoms with Crippen LogP contribution in [0.25, 0.3) is 0 Å². The van der Waals surface area contributed by atoms with Crippen molar-refractivity contribution in [1.82, 2.24) is 4.90 Å². The fourth-order valence-electron chi connectivity index (χ4n) is 2.54. The molecule has 1 amide bonds. The summed E-state index contributed by atoms with van der Waals surface area (Å²) in [7, 11) is 0. The van der Waals surface area contributed by atoms with E-state index in [1.165, 1.54) is 23.1 Å². The minimum absolute atomic E-state index is 0.125. The zero-order chi connectivity index (χ0) is 17.8. The third-order valence-corrected chi connectivity index (χ3v) is 4.07. The molecule has 0 aromatic heterocycles. The van der Waals surface area contributed by atoms with Gasteiger partial charge in [0.15, 0.2) is 5.60 Å². The number of hydrogen-bond acceptors (Lipinski definition) is 3. The van der Waals surface area contributed by atoms with Gasteiger partial charge in [0.25, 0.3) is 0 Å². The summed E-state index contributed by atoms with van der Waals surface area (Å²) in [5, 5.41) is 9.56. The number of carbonyl (C=O) groups is 1. The van der Waals surface area contributed by atoms with Crippen LogP contribution in [0.5, 0.6) is 5.75 Å². The standard InChI is InChI=1S/C16H19F4NO3/c17-12-3-1-4-13(11-12)24-10-2-5-14(22)21-8-6-15(23,7-9-21)16(18,19)20/h1,3-4,11,23H,2,5-10H2. The van der Waals surface area contributed by atoms with E-state index in [0.29, 0.717) is 12.2 Å². The molecule has 0 bridgehead atoms. The number of benzene rings is 1. The van der Waals surface area contributed by atoms with Gasteiger partial charge in [-0.1, -0.05) is 6.07 Å². The summed E-state index contributed by atoms with van der Waals surface area (Å²) in [4.78, 5) is 13.3. The van der Waals surface area contributed by atoms with Crippen LogP contribution in [0.4, 0.5) is 17.6 Å². The summed E-state index contributed by atoms with van der Waals surface area (Å²) in [6.07, 6.45) is -5.21. The number of ether oxygens (including phenoxy) is 1. The number of carbonyl (C=O) groups excluding carboxylic acids is 1. The van der Waals surface area contributed by atoms with E-state index in [9.17, 15) is 27.5 Å². The quantitative estimate of drug-likeness (QED) is 0.657. The second kappa shape index (κ2) is 7.38. The zero-order valence-electron chi connectivity index (χ0n) is 13.0. The second-order valence-corrected chi connectivity index (χ2v) is 5.82. The Labute approximate surface area is 137 Å². The molecule has 4 nitrogen and oxygen atoms in total. The van der Waals surface area contributed by atoms with Crippen LogP contribution in [0.15, 0.2) is 24.3 Å². The SMILES string of the molecule is O=C(CCCOc1cccc(F)c1)N1CCC(O)(C(F)(F)F)CC1. The molecular weight excluding hydrogens is 330 g/mol. The van der Waals surface area contributed by atoms with Crippen LogP contribution >= 0.6 is 0 Å². The van der Waals surface area contributed by atoms with Crippen LogP contribution in [0.1, 0.15) is 25.7 Å². The van der Waals surface area contributed by atoms with Gasteiger partial charge in [-0.05, 0) is 18.6 Å². The molecule has 0 radical (unpaired) electrons. The molecule has 1 heterocycles. The number of halogens is 4. The highest BCUT2D eigenvalue weighted by atomic mass is 19.4. The molecule has 0 aliphatic carbocycles. The number of likely N-dealkylation sites (tertiary alicyclic amines) is 1. The summed E-state index contributed by atoms with van der Waals surface area (Å²) in [6, 6.07) is 5.61. The van der Waals surface area contributed by atoms with Crippen molar-refractivity contribution in [2.75, 3.05) is 19.7 Å². The maximum Gasteiger partial charge on any atom is 0.417 e. The largest absolute Gasteiger partial charge is 0.493 e. The smallest absolute Gasteiger partial charge is 0.417 e. The van der Waals surface area contributed by atoms with Crippen LogP contribution in [0, 0.1) is 5.82 Å². The fourth-order valence-corrected chi connectivity index (χ4v) is 2.54. The Morgan fingerprint density at radius 2 is 1.96 bits per heavy atom. The number of alkyl halides is 3. The normalized spacial score (nSPS) is 17.6. The van der Waals surface area contributed by atoms with Gasteiger partial charge in [-0.2, -0.15) is 13.2 Å². The first kappa shape index (κ1) is 18.5. The van der Waals surface area contributed by atoms with E-state index in [2.05, 4.69) is 0 Å². The van der Waals surface area contributed by atoms with Crippen LogP contribution < -0.4 is 4.74 Å². The molecule has 0 spiro atoms. The van der Waals surface area contributed by atoms with E-state index in [4.69, 9.17) is 4.74 Å². The molecule has 2 rings (SSSR count). The molecular formula is C16H19F4NO3. The van der Waals surface area contributed by atoms with Crippen molar-refractivity contribution < 1.29 is 32.2 Å². The van der Waals surface area contributed by atoms with Crippen molar-refractivity contribution >= 4 is 5.91 Å². The molecule has 8 heteroatoms. The molecule has 1 aliphatic rings. The minimum Gasteiger partial charge on any atom is -0.493 e. The van der Waals surface area contributed by atoms with Crippen molar-refractivity contribution in [3.05, 3.63) is 30.1 Å². The average Bonchev–Trinajstić information content (AvgIpc) is 2.51. The molecule has 0 unspecified atom stereocenters. The Balaban J connectivity index is 1.70. The minimum atomic E-state index is -4.68. The maximum absolute atomic E-state index is 13.0. The van der Waals surface area contributed by atoms with Gasteiger partial charge < -0.3 is 14.7 Å². The van der Waals surface area contributed by atoms with Crippen molar-refractivity contribution in [3.8, 4) is 5.75 Å². The van der Waals surface area contributed by atoms with Gasteiger partial charge >= 0.3 is 6.18 Å². The van der Waals surface area contributed by atoms with Crippen LogP contribution in [0.2, 0.25) is 0 Å². The van der Waals surface area contributed by atoms with Gasteiger partial charge in [-0.15, -0.1) is 0 Å². The van der Waals surface area contributed by atoms with Crippen LogP contribution in [-0.4, -0.2) is 47.4 Å². The Morgan fingerprint density at radius 3 is 2.54 bits per heavy atom. The second-order valence-electron chi connectivity index (χ2n) is 5.82. The number of hydrogen-bond donors (Lipinski definition) is 1. The van der Waals surface area contributed by atoms with Gasteiger partial charge in [0, 0.05) is 38.4 Å². The van der Waals surface area contributed by atoms with E-state index in [1.807, 2.05) is 0 Å². The van der Waals surface area contributed by atoms with Crippen LogP contribution in [0.3, 0.4) is 0 Å². The lowest BCUT2D eigenvalue weighted by molar-refractivity contribution is -0.272. The Hall–Kier alpha value is -1.83. The van der Waals surface area contributed by atoms with Crippen molar-refractivity contribution in [3.63, 3.8) is 0 Å². The third-order valence-electron chi connectivity index (χ3n) is 4.07. The highest BCUT2D eigenvalue weighted by Crippen LogP contribution is 2.38. The lowest BCUT2D eigenvalue weighted by Gasteiger charge is -2.39. The maximum atomic E-state index is 13.0. The Bertz CT molecular complexity index is 569. The lowest BCUT2D eigenvalue weighted by atomic mass is 9.90. The summed E-state index contributed by atoms with van der Waals surface area (Å²) in [5.74, 6) is -0.341.